The predicted octanol–water partition coefficient (Wildman–Crippen LogP) is 2.44. The molecule has 1 aromatic heterocycles. The number of fused-ring (bicyclic) bond motifs is 2. The molecular formula is C18H22N4O2. The Bertz CT molecular complexity index is 674. The monoisotopic (exact) mass is 326 g/mol. The lowest BCUT2D eigenvalue weighted by Crippen LogP contribution is -2.51. The maximum absolute atomic E-state index is 12.9. The van der Waals surface area contributed by atoms with Crippen LogP contribution in [0.1, 0.15) is 38.6 Å². The number of aromatic nitrogens is 3. The van der Waals surface area contributed by atoms with Crippen molar-refractivity contribution in [3.05, 3.63) is 42.7 Å². The molecule has 6 heteroatoms. The van der Waals surface area contributed by atoms with Gasteiger partial charge in [0.2, 0.25) is 0 Å². The molecule has 126 valence electrons. The first kappa shape index (κ1) is 15.2. The van der Waals surface area contributed by atoms with Crippen molar-refractivity contribution >= 4 is 5.91 Å². The van der Waals surface area contributed by atoms with E-state index in [1.54, 1.807) is 6.20 Å². The Labute approximate surface area is 141 Å². The summed E-state index contributed by atoms with van der Waals surface area (Å²) in [6.07, 6.45) is 7.21. The van der Waals surface area contributed by atoms with Crippen molar-refractivity contribution in [1.29, 1.82) is 0 Å². The fourth-order valence-corrected chi connectivity index (χ4v) is 4.10. The first-order valence-electron chi connectivity index (χ1n) is 8.62. The van der Waals surface area contributed by atoms with Crippen LogP contribution in [0.4, 0.5) is 0 Å². The van der Waals surface area contributed by atoms with Crippen molar-refractivity contribution in [3.8, 4) is 5.75 Å². The third-order valence-corrected chi connectivity index (χ3v) is 5.18. The van der Waals surface area contributed by atoms with E-state index in [0.717, 1.165) is 31.4 Å². The molecule has 24 heavy (non-hydrogen) atoms. The molecule has 4 rings (SSSR count). The molecule has 2 bridgehead atoms. The van der Waals surface area contributed by atoms with Gasteiger partial charge in [0.25, 0.3) is 5.91 Å². The molecule has 2 aliphatic rings. The van der Waals surface area contributed by atoms with Crippen LogP contribution in [0.2, 0.25) is 0 Å². The fraction of sp³-hybridized carbons (Fsp3) is 0.500. The van der Waals surface area contributed by atoms with Crippen molar-refractivity contribution in [2.45, 2.75) is 56.8 Å². The van der Waals surface area contributed by atoms with Crippen LogP contribution in [-0.2, 0) is 4.79 Å². The van der Waals surface area contributed by atoms with Crippen LogP contribution >= 0.6 is 0 Å². The highest BCUT2D eigenvalue weighted by Gasteiger charge is 2.45. The smallest absolute Gasteiger partial charge is 0.263 e. The Morgan fingerprint density at radius 2 is 1.88 bits per heavy atom. The van der Waals surface area contributed by atoms with Crippen molar-refractivity contribution in [1.82, 2.24) is 19.9 Å². The van der Waals surface area contributed by atoms with Gasteiger partial charge < -0.3 is 9.64 Å². The number of carbonyl (C=O) groups excluding carboxylic acids is 1. The second-order valence-corrected chi connectivity index (χ2v) is 6.71. The molecule has 1 aromatic carbocycles. The summed E-state index contributed by atoms with van der Waals surface area (Å²) >= 11 is 0. The van der Waals surface area contributed by atoms with Gasteiger partial charge >= 0.3 is 0 Å². The quantitative estimate of drug-likeness (QED) is 0.866. The van der Waals surface area contributed by atoms with E-state index in [1.807, 2.05) is 48.1 Å². The Morgan fingerprint density at radius 3 is 2.50 bits per heavy atom. The summed E-state index contributed by atoms with van der Waals surface area (Å²) in [5.74, 6) is 0.839. The highest BCUT2D eigenvalue weighted by atomic mass is 16.5. The zero-order valence-corrected chi connectivity index (χ0v) is 13.8. The minimum Gasteiger partial charge on any atom is -0.481 e. The van der Waals surface area contributed by atoms with Crippen molar-refractivity contribution in [2.75, 3.05) is 0 Å². The second-order valence-electron chi connectivity index (χ2n) is 6.71. The highest BCUT2D eigenvalue weighted by molar-refractivity contribution is 5.82. The third kappa shape index (κ3) is 2.77. The molecule has 2 aliphatic heterocycles. The summed E-state index contributed by atoms with van der Waals surface area (Å²) in [4.78, 5) is 15.0. The van der Waals surface area contributed by atoms with Gasteiger partial charge in [-0.15, -0.1) is 5.10 Å². The maximum Gasteiger partial charge on any atom is 0.263 e. The van der Waals surface area contributed by atoms with Crippen LogP contribution in [0.3, 0.4) is 0 Å². The Hall–Kier alpha value is -2.37. The lowest BCUT2D eigenvalue weighted by molar-refractivity contribution is -0.143. The van der Waals surface area contributed by atoms with Gasteiger partial charge in [0.05, 0.1) is 12.2 Å². The summed E-state index contributed by atoms with van der Waals surface area (Å²) in [5.41, 5.74) is 0. The zero-order chi connectivity index (χ0) is 16.5. The number of amides is 1. The van der Waals surface area contributed by atoms with Crippen LogP contribution in [0.15, 0.2) is 42.7 Å². The standard InChI is InChI=1S/C18H22N4O2/c1-13(24-17-5-3-2-4-6-17)18(23)22-14-7-8-15(22)12-16(11-14)21-10-9-19-20-21/h2-6,9-10,13-16H,7-8,11-12H2,1H3. The molecule has 0 saturated carbocycles. The fourth-order valence-electron chi connectivity index (χ4n) is 4.10. The van der Waals surface area contributed by atoms with E-state index in [2.05, 4.69) is 15.2 Å². The van der Waals surface area contributed by atoms with E-state index in [-0.39, 0.29) is 18.0 Å². The first-order chi connectivity index (χ1) is 11.7. The van der Waals surface area contributed by atoms with Gasteiger partial charge in [-0.2, -0.15) is 0 Å². The molecule has 0 aliphatic carbocycles. The van der Waals surface area contributed by atoms with E-state index in [0.29, 0.717) is 6.04 Å². The van der Waals surface area contributed by atoms with Crippen LogP contribution in [0.25, 0.3) is 0 Å². The molecule has 1 amide bonds. The summed E-state index contributed by atoms with van der Waals surface area (Å²) in [7, 11) is 0. The number of hydrogen-bond acceptors (Lipinski definition) is 4. The van der Waals surface area contributed by atoms with Crippen molar-refractivity contribution in [3.63, 3.8) is 0 Å². The van der Waals surface area contributed by atoms with E-state index < -0.39 is 6.10 Å². The molecule has 2 saturated heterocycles. The van der Waals surface area contributed by atoms with Gasteiger partial charge in [0.1, 0.15) is 5.75 Å². The largest absolute Gasteiger partial charge is 0.481 e. The van der Waals surface area contributed by atoms with Gasteiger partial charge in [-0.05, 0) is 44.7 Å². The van der Waals surface area contributed by atoms with Gasteiger partial charge in [-0.3, -0.25) is 4.79 Å². The van der Waals surface area contributed by atoms with Crippen LogP contribution in [0.5, 0.6) is 5.75 Å². The summed E-state index contributed by atoms with van der Waals surface area (Å²) < 4.78 is 7.78. The summed E-state index contributed by atoms with van der Waals surface area (Å²) in [5, 5.41) is 8.05. The minimum absolute atomic E-state index is 0.100. The number of benzene rings is 1. The van der Waals surface area contributed by atoms with Gasteiger partial charge in [-0.1, -0.05) is 23.4 Å². The van der Waals surface area contributed by atoms with Crippen molar-refractivity contribution < 1.29 is 9.53 Å². The molecule has 2 aromatic rings. The van der Waals surface area contributed by atoms with Crippen molar-refractivity contribution in [2.24, 2.45) is 0 Å². The molecule has 0 spiro atoms. The lowest BCUT2D eigenvalue weighted by atomic mass is 9.97. The number of piperidine rings is 1. The van der Waals surface area contributed by atoms with E-state index in [9.17, 15) is 4.79 Å². The second kappa shape index (κ2) is 6.26. The zero-order valence-electron chi connectivity index (χ0n) is 13.8. The average molecular weight is 326 g/mol. The van der Waals surface area contributed by atoms with Gasteiger partial charge in [0.15, 0.2) is 6.10 Å². The summed E-state index contributed by atoms with van der Waals surface area (Å²) in [6, 6.07) is 10.5. The molecular weight excluding hydrogens is 304 g/mol. The average Bonchev–Trinajstić information content (AvgIpc) is 3.22. The van der Waals surface area contributed by atoms with Crippen LogP contribution in [0, 0.1) is 0 Å². The predicted molar refractivity (Wildman–Crippen MR) is 88.5 cm³/mol. The molecule has 3 heterocycles. The number of nitrogens with zero attached hydrogens (tertiary/aromatic N) is 4. The molecule has 3 unspecified atom stereocenters. The van der Waals surface area contributed by atoms with E-state index >= 15 is 0 Å². The molecule has 3 atom stereocenters. The minimum atomic E-state index is -0.460. The number of rotatable bonds is 4. The number of carbonyl (C=O) groups is 1. The van der Waals surface area contributed by atoms with Crippen LogP contribution in [-0.4, -0.2) is 44.0 Å². The SMILES string of the molecule is CC(Oc1ccccc1)C(=O)N1C2CCC1CC(n1ccnn1)C2. The molecule has 2 fully saturated rings. The lowest BCUT2D eigenvalue weighted by Gasteiger charge is -2.39. The Kier molecular flexibility index (Phi) is 3.96. The van der Waals surface area contributed by atoms with Gasteiger partial charge in [-0.25, -0.2) is 4.68 Å². The van der Waals surface area contributed by atoms with Gasteiger partial charge in [0, 0.05) is 18.3 Å². The summed E-state index contributed by atoms with van der Waals surface area (Å²) in [6.45, 7) is 1.85. The molecule has 0 N–H and O–H groups in total. The highest BCUT2D eigenvalue weighted by Crippen LogP contribution is 2.40. The maximum atomic E-state index is 12.9. The normalized spacial score (nSPS) is 27.0. The molecule has 6 nitrogen and oxygen atoms in total. The topological polar surface area (TPSA) is 60.2 Å². The van der Waals surface area contributed by atoms with E-state index in [1.165, 1.54) is 0 Å². The number of para-hydroxylation sites is 1. The third-order valence-electron chi connectivity index (χ3n) is 5.18. The molecule has 0 radical (unpaired) electrons. The number of ether oxygens (including phenoxy) is 1. The Balaban J connectivity index is 1.44. The van der Waals surface area contributed by atoms with Crippen LogP contribution < -0.4 is 4.74 Å². The number of hydrogen-bond donors (Lipinski definition) is 0. The Morgan fingerprint density at radius 1 is 1.17 bits per heavy atom. The van der Waals surface area contributed by atoms with E-state index in [4.69, 9.17) is 4.74 Å². The first-order valence-corrected chi connectivity index (χ1v) is 8.62.